The molecule has 1 aromatic rings. The van der Waals surface area contributed by atoms with Crippen molar-refractivity contribution in [3.63, 3.8) is 0 Å². The normalized spacial score (nSPS) is 13.9. The molecule has 6 nitrogen and oxygen atoms in total. The molecule has 1 aliphatic heterocycles. The van der Waals surface area contributed by atoms with E-state index in [1.807, 2.05) is 0 Å². The van der Waals surface area contributed by atoms with E-state index < -0.39 is 24.8 Å². The number of carbonyl (C=O) groups is 2. The number of benzene rings is 1. The van der Waals surface area contributed by atoms with Gasteiger partial charge in [0.2, 0.25) is 0 Å². The van der Waals surface area contributed by atoms with E-state index >= 15 is 0 Å². The van der Waals surface area contributed by atoms with E-state index in [1.165, 1.54) is 12.1 Å². The number of nitrogens with zero attached hydrogens (tertiary/aromatic N) is 1. The van der Waals surface area contributed by atoms with Crippen molar-refractivity contribution in [1.82, 2.24) is 5.32 Å². The van der Waals surface area contributed by atoms with Crippen molar-refractivity contribution in [1.29, 1.82) is 0 Å². The summed E-state index contributed by atoms with van der Waals surface area (Å²) in [6.07, 6.45) is -4.26. The highest BCUT2D eigenvalue weighted by Gasteiger charge is 2.31. The van der Waals surface area contributed by atoms with E-state index in [1.54, 1.807) is 0 Å². The Morgan fingerprint density at radius 1 is 1.32 bits per heavy atom. The Bertz CT molecular complexity index is 641. The molecule has 0 saturated heterocycles. The van der Waals surface area contributed by atoms with Gasteiger partial charge >= 0.3 is 12.3 Å². The number of rotatable bonds is 4. The average Bonchev–Trinajstić information content (AvgIpc) is 2.42. The van der Waals surface area contributed by atoms with Crippen LogP contribution >= 0.6 is 0 Å². The SMILES string of the molecule is O=C(O)CNC(=O)C1=Nc2ccc(OC(F)(F)F)cc2CC1. The molecule has 2 rings (SSSR count). The number of aliphatic imine (C=N–C) groups is 1. The molecule has 118 valence electrons. The van der Waals surface area contributed by atoms with Crippen LogP contribution in [0.3, 0.4) is 0 Å². The lowest BCUT2D eigenvalue weighted by Crippen LogP contribution is -2.35. The summed E-state index contributed by atoms with van der Waals surface area (Å²) in [6, 6.07) is 3.65. The molecule has 2 N–H and O–H groups in total. The van der Waals surface area contributed by atoms with Gasteiger partial charge in [-0.05, 0) is 36.6 Å². The summed E-state index contributed by atoms with van der Waals surface area (Å²) in [7, 11) is 0. The number of amides is 1. The van der Waals surface area contributed by atoms with Crippen molar-refractivity contribution >= 4 is 23.3 Å². The van der Waals surface area contributed by atoms with Crippen LogP contribution in [0.15, 0.2) is 23.2 Å². The van der Waals surface area contributed by atoms with Crippen LogP contribution in [0, 0.1) is 0 Å². The molecule has 0 atom stereocenters. The number of ether oxygens (including phenoxy) is 1. The lowest BCUT2D eigenvalue weighted by atomic mass is 10.0. The van der Waals surface area contributed by atoms with E-state index in [2.05, 4.69) is 15.0 Å². The maximum absolute atomic E-state index is 12.1. The molecule has 0 aromatic heterocycles. The number of hydrogen-bond acceptors (Lipinski definition) is 4. The molecule has 0 radical (unpaired) electrons. The van der Waals surface area contributed by atoms with Gasteiger partial charge in [0.05, 0.1) is 5.69 Å². The summed E-state index contributed by atoms with van der Waals surface area (Å²) in [4.78, 5) is 26.1. The number of nitrogens with one attached hydrogen (secondary N) is 1. The Morgan fingerprint density at radius 3 is 2.68 bits per heavy atom. The van der Waals surface area contributed by atoms with Crippen molar-refractivity contribution in [2.75, 3.05) is 6.54 Å². The highest BCUT2D eigenvalue weighted by atomic mass is 19.4. The zero-order chi connectivity index (χ0) is 16.3. The first kappa shape index (κ1) is 15.8. The molecular weight excluding hydrogens is 305 g/mol. The summed E-state index contributed by atoms with van der Waals surface area (Å²) < 4.78 is 40.2. The number of aliphatic carboxylic acids is 1. The molecule has 1 heterocycles. The predicted molar refractivity (Wildman–Crippen MR) is 69.2 cm³/mol. The van der Waals surface area contributed by atoms with Gasteiger partial charge in [0.1, 0.15) is 18.0 Å². The van der Waals surface area contributed by atoms with Crippen molar-refractivity contribution in [2.24, 2.45) is 4.99 Å². The second-order valence-corrected chi connectivity index (χ2v) is 4.47. The zero-order valence-corrected chi connectivity index (χ0v) is 11.1. The molecular formula is C13H11F3N2O4. The van der Waals surface area contributed by atoms with Crippen LogP contribution in [0.1, 0.15) is 12.0 Å². The smallest absolute Gasteiger partial charge is 0.480 e. The number of hydrogen-bond donors (Lipinski definition) is 2. The van der Waals surface area contributed by atoms with E-state index in [0.717, 1.165) is 6.07 Å². The average molecular weight is 316 g/mol. The number of alkyl halides is 3. The molecule has 0 unspecified atom stereocenters. The second kappa shape index (κ2) is 6.04. The maximum atomic E-state index is 12.1. The third-order valence-corrected chi connectivity index (χ3v) is 2.83. The number of aryl methyl sites for hydroxylation is 1. The lowest BCUT2D eigenvalue weighted by molar-refractivity contribution is -0.274. The fraction of sp³-hybridized carbons (Fsp3) is 0.308. The molecule has 0 bridgehead atoms. The Balaban J connectivity index is 2.13. The van der Waals surface area contributed by atoms with Gasteiger partial charge < -0.3 is 15.2 Å². The van der Waals surface area contributed by atoms with Crippen molar-refractivity contribution < 1.29 is 32.6 Å². The van der Waals surface area contributed by atoms with Crippen molar-refractivity contribution in [3.05, 3.63) is 23.8 Å². The van der Waals surface area contributed by atoms with Crippen LogP contribution in [0.4, 0.5) is 18.9 Å². The van der Waals surface area contributed by atoms with Crippen molar-refractivity contribution in [3.8, 4) is 5.75 Å². The maximum Gasteiger partial charge on any atom is 0.573 e. The van der Waals surface area contributed by atoms with Crippen LogP contribution < -0.4 is 10.1 Å². The van der Waals surface area contributed by atoms with Gasteiger partial charge in [-0.15, -0.1) is 13.2 Å². The lowest BCUT2D eigenvalue weighted by Gasteiger charge is -2.16. The van der Waals surface area contributed by atoms with Crippen LogP contribution in [0.2, 0.25) is 0 Å². The molecule has 0 aliphatic carbocycles. The first-order chi connectivity index (χ1) is 10.2. The second-order valence-electron chi connectivity index (χ2n) is 4.47. The van der Waals surface area contributed by atoms with Gasteiger partial charge in [-0.2, -0.15) is 0 Å². The molecule has 9 heteroatoms. The highest BCUT2D eigenvalue weighted by Crippen LogP contribution is 2.31. The molecule has 1 aliphatic rings. The zero-order valence-electron chi connectivity index (χ0n) is 11.1. The van der Waals surface area contributed by atoms with E-state index in [4.69, 9.17) is 5.11 Å². The third kappa shape index (κ3) is 4.21. The minimum atomic E-state index is -4.77. The minimum Gasteiger partial charge on any atom is -0.480 e. The molecule has 0 saturated carbocycles. The third-order valence-electron chi connectivity index (χ3n) is 2.83. The monoisotopic (exact) mass is 316 g/mol. The quantitative estimate of drug-likeness (QED) is 0.886. The molecule has 22 heavy (non-hydrogen) atoms. The number of carboxylic acid groups (broad SMARTS) is 1. The Hall–Kier alpha value is -2.58. The van der Waals surface area contributed by atoms with E-state index in [0.29, 0.717) is 17.7 Å². The number of fused-ring (bicyclic) bond motifs is 1. The minimum absolute atomic E-state index is 0.137. The highest BCUT2D eigenvalue weighted by molar-refractivity contribution is 6.39. The largest absolute Gasteiger partial charge is 0.573 e. The summed E-state index contributed by atoms with van der Waals surface area (Å²) >= 11 is 0. The molecule has 0 spiro atoms. The van der Waals surface area contributed by atoms with Gasteiger partial charge in [0, 0.05) is 0 Å². The number of halogens is 3. The van der Waals surface area contributed by atoms with Gasteiger partial charge in [-0.25, -0.2) is 4.99 Å². The summed E-state index contributed by atoms with van der Waals surface area (Å²) in [5, 5.41) is 10.7. The van der Waals surface area contributed by atoms with E-state index in [9.17, 15) is 22.8 Å². The topological polar surface area (TPSA) is 88.0 Å². The summed E-state index contributed by atoms with van der Waals surface area (Å²) in [5.74, 6) is -2.14. The Morgan fingerprint density at radius 2 is 2.05 bits per heavy atom. The van der Waals surface area contributed by atoms with Crippen LogP contribution in [0.5, 0.6) is 5.75 Å². The first-order valence-electron chi connectivity index (χ1n) is 6.21. The fourth-order valence-electron chi connectivity index (χ4n) is 1.94. The predicted octanol–water partition coefficient (Wildman–Crippen LogP) is 1.80. The van der Waals surface area contributed by atoms with Crippen molar-refractivity contribution in [2.45, 2.75) is 19.2 Å². The van der Waals surface area contributed by atoms with E-state index in [-0.39, 0.29) is 17.9 Å². The van der Waals surface area contributed by atoms with Crippen LogP contribution in [0.25, 0.3) is 0 Å². The molecule has 1 amide bonds. The Labute approximate surface area is 122 Å². The molecule has 0 fully saturated rings. The molecule has 1 aromatic carbocycles. The fourth-order valence-corrected chi connectivity index (χ4v) is 1.94. The van der Waals surface area contributed by atoms with Gasteiger partial charge in [-0.3, -0.25) is 9.59 Å². The van der Waals surface area contributed by atoms with Crippen LogP contribution in [-0.4, -0.2) is 35.6 Å². The number of carboxylic acids is 1. The standard InChI is InChI=1S/C13H11F3N2O4/c14-13(15,16)22-8-2-4-9-7(5-8)1-3-10(18-9)12(21)17-6-11(19)20/h2,4-5H,1,3,6H2,(H,17,21)(H,19,20). The first-order valence-corrected chi connectivity index (χ1v) is 6.21. The van der Waals surface area contributed by atoms with Gasteiger partial charge in [0.25, 0.3) is 5.91 Å². The number of carbonyl (C=O) groups excluding carboxylic acids is 1. The van der Waals surface area contributed by atoms with Crippen LogP contribution in [-0.2, 0) is 16.0 Å². The summed E-state index contributed by atoms with van der Waals surface area (Å²) in [6.45, 7) is -0.525. The van der Waals surface area contributed by atoms with Gasteiger partial charge in [-0.1, -0.05) is 0 Å². The summed E-state index contributed by atoms with van der Waals surface area (Å²) in [5.41, 5.74) is 1.02. The Kier molecular flexibility index (Phi) is 4.34. The van der Waals surface area contributed by atoms with Gasteiger partial charge in [0.15, 0.2) is 0 Å².